The zero-order valence-electron chi connectivity index (χ0n) is 13.5. The van der Waals surface area contributed by atoms with Gasteiger partial charge in [-0.15, -0.1) is 11.3 Å². The normalized spacial score (nSPS) is 11.7. The lowest BCUT2D eigenvalue weighted by Crippen LogP contribution is -2.27. The first-order valence-electron chi connectivity index (χ1n) is 7.29. The summed E-state index contributed by atoms with van der Waals surface area (Å²) >= 11 is 1.38. The number of rotatable bonds is 7. The predicted molar refractivity (Wildman–Crippen MR) is 93.4 cm³/mol. The lowest BCUT2D eigenvalue weighted by Gasteiger charge is -2.15. The zero-order valence-corrected chi connectivity index (χ0v) is 15.2. The molecule has 1 aromatic carbocycles. The molecular weight excluding hydrogens is 348 g/mol. The van der Waals surface area contributed by atoms with E-state index in [0.29, 0.717) is 24.2 Å². The van der Waals surface area contributed by atoms with Crippen LogP contribution in [0.4, 0.5) is 0 Å². The van der Waals surface area contributed by atoms with Crippen molar-refractivity contribution in [3.63, 3.8) is 0 Å². The lowest BCUT2D eigenvalue weighted by atomic mass is 10.2. The average Bonchev–Trinajstić information content (AvgIpc) is 3.02. The van der Waals surface area contributed by atoms with Gasteiger partial charge in [0.05, 0.1) is 9.90 Å². The highest BCUT2D eigenvalue weighted by Gasteiger charge is 2.21. The predicted octanol–water partition coefficient (Wildman–Crippen LogP) is 0.825. The van der Waals surface area contributed by atoms with E-state index in [1.54, 1.807) is 23.6 Å². The summed E-state index contributed by atoms with van der Waals surface area (Å²) < 4.78 is 25.8. The molecule has 0 spiro atoms. The number of carbonyl (C=O) groups excluding carboxylic acids is 1. The minimum Gasteiger partial charge on any atom is -0.347 e. The van der Waals surface area contributed by atoms with Crippen LogP contribution >= 0.6 is 11.3 Å². The summed E-state index contributed by atoms with van der Waals surface area (Å²) in [5.74, 6) is -0.341. The van der Waals surface area contributed by atoms with Crippen molar-refractivity contribution in [3.8, 4) is 0 Å². The Labute approximate surface area is 145 Å². The third-order valence-electron chi connectivity index (χ3n) is 3.31. The van der Waals surface area contributed by atoms with Gasteiger partial charge in [-0.25, -0.2) is 17.7 Å². The SMILES string of the molecule is CN(C)S(=O)(=O)c1ccccc1CNC(=O)c1csc(CCN)n1. The molecule has 0 aliphatic rings. The summed E-state index contributed by atoms with van der Waals surface area (Å²) in [5.41, 5.74) is 6.31. The number of nitrogens with one attached hydrogen (secondary N) is 1. The maximum atomic E-state index is 12.3. The molecule has 0 unspecified atom stereocenters. The van der Waals surface area contributed by atoms with Crippen LogP contribution in [-0.4, -0.2) is 44.3 Å². The molecule has 1 aromatic heterocycles. The number of benzene rings is 1. The zero-order chi connectivity index (χ0) is 17.7. The number of nitrogens with zero attached hydrogens (tertiary/aromatic N) is 2. The van der Waals surface area contributed by atoms with E-state index < -0.39 is 10.0 Å². The van der Waals surface area contributed by atoms with Crippen molar-refractivity contribution in [3.05, 3.63) is 45.9 Å². The molecule has 3 N–H and O–H groups in total. The Hall–Kier alpha value is -1.81. The van der Waals surface area contributed by atoms with Gasteiger partial charge in [-0.05, 0) is 18.2 Å². The van der Waals surface area contributed by atoms with Gasteiger partial charge in [-0.1, -0.05) is 18.2 Å². The van der Waals surface area contributed by atoms with Gasteiger partial charge in [-0.3, -0.25) is 4.79 Å². The third kappa shape index (κ3) is 4.18. The monoisotopic (exact) mass is 368 g/mol. The van der Waals surface area contributed by atoms with E-state index in [4.69, 9.17) is 5.73 Å². The lowest BCUT2D eigenvalue weighted by molar-refractivity contribution is 0.0946. The second-order valence-electron chi connectivity index (χ2n) is 5.24. The molecule has 0 bridgehead atoms. The number of amides is 1. The van der Waals surface area contributed by atoms with E-state index >= 15 is 0 Å². The van der Waals surface area contributed by atoms with Gasteiger partial charge in [0.2, 0.25) is 10.0 Å². The summed E-state index contributed by atoms with van der Waals surface area (Å²) in [7, 11) is -0.626. The van der Waals surface area contributed by atoms with Crippen molar-refractivity contribution in [2.45, 2.75) is 17.9 Å². The minimum absolute atomic E-state index is 0.103. The van der Waals surface area contributed by atoms with Crippen LogP contribution in [0.2, 0.25) is 0 Å². The van der Waals surface area contributed by atoms with E-state index in [1.165, 1.54) is 31.5 Å². The molecule has 1 amide bonds. The molecule has 2 aromatic rings. The van der Waals surface area contributed by atoms with Crippen LogP contribution in [0, 0.1) is 0 Å². The summed E-state index contributed by atoms with van der Waals surface area (Å²) in [5, 5.41) is 5.19. The van der Waals surface area contributed by atoms with Gasteiger partial charge in [0.25, 0.3) is 5.91 Å². The fraction of sp³-hybridized carbons (Fsp3) is 0.333. The van der Waals surface area contributed by atoms with Gasteiger partial charge in [0.15, 0.2) is 0 Å². The van der Waals surface area contributed by atoms with Crippen LogP contribution in [-0.2, 0) is 23.0 Å². The molecule has 0 aliphatic heterocycles. The summed E-state index contributed by atoms with van der Waals surface area (Å²) in [6.45, 7) is 0.580. The fourth-order valence-electron chi connectivity index (χ4n) is 2.02. The first-order valence-corrected chi connectivity index (χ1v) is 9.61. The molecule has 2 rings (SSSR count). The fourth-order valence-corrected chi connectivity index (χ4v) is 3.93. The molecule has 24 heavy (non-hydrogen) atoms. The standard InChI is InChI=1S/C15H20N4O3S2/c1-19(2)24(21,22)13-6-4-3-5-11(13)9-17-15(20)12-10-23-14(18-12)7-8-16/h3-6,10H,7-9,16H2,1-2H3,(H,17,20). The Morgan fingerprint density at radius 2 is 2.04 bits per heavy atom. The Bertz CT molecular complexity index is 816. The van der Waals surface area contributed by atoms with Gasteiger partial charge in [-0.2, -0.15) is 0 Å². The molecule has 130 valence electrons. The van der Waals surface area contributed by atoms with Gasteiger partial charge in [0, 0.05) is 32.4 Å². The maximum absolute atomic E-state index is 12.3. The van der Waals surface area contributed by atoms with Crippen molar-refractivity contribution < 1.29 is 13.2 Å². The molecule has 7 nitrogen and oxygen atoms in total. The van der Waals surface area contributed by atoms with Crippen molar-refractivity contribution in [1.29, 1.82) is 0 Å². The second kappa shape index (κ2) is 7.84. The highest BCUT2D eigenvalue weighted by atomic mass is 32.2. The van der Waals surface area contributed by atoms with E-state index in [9.17, 15) is 13.2 Å². The van der Waals surface area contributed by atoms with E-state index in [1.807, 2.05) is 0 Å². The van der Waals surface area contributed by atoms with Crippen LogP contribution in [0.5, 0.6) is 0 Å². The Morgan fingerprint density at radius 1 is 1.33 bits per heavy atom. The molecule has 9 heteroatoms. The quantitative estimate of drug-likeness (QED) is 0.753. The number of aromatic nitrogens is 1. The van der Waals surface area contributed by atoms with Gasteiger partial charge in [0.1, 0.15) is 5.69 Å². The van der Waals surface area contributed by atoms with Crippen LogP contribution in [0.3, 0.4) is 0 Å². The topological polar surface area (TPSA) is 105 Å². The largest absolute Gasteiger partial charge is 0.347 e. The summed E-state index contributed by atoms with van der Waals surface area (Å²) in [6.07, 6.45) is 0.627. The molecule has 0 aliphatic carbocycles. The van der Waals surface area contributed by atoms with Gasteiger partial charge >= 0.3 is 0 Å². The first kappa shape index (κ1) is 18.5. The third-order valence-corrected chi connectivity index (χ3v) is 6.14. The van der Waals surface area contributed by atoms with E-state index in [2.05, 4.69) is 10.3 Å². The summed E-state index contributed by atoms with van der Waals surface area (Å²) in [4.78, 5) is 16.6. The van der Waals surface area contributed by atoms with Crippen molar-refractivity contribution in [1.82, 2.24) is 14.6 Å². The van der Waals surface area contributed by atoms with Crippen molar-refractivity contribution in [2.75, 3.05) is 20.6 Å². The van der Waals surface area contributed by atoms with Gasteiger partial charge < -0.3 is 11.1 Å². The number of hydrogen-bond acceptors (Lipinski definition) is 6. The molecule has 0 radical (unpaired) electrons. The number of thiazole rings is 1. The Balaban J connectivity index is 2.13. The smallest absolute Gasteiger partial charge is 0.271 e. The van der Waals surface area contributed by atoms with Crippen molar-refractivity contribution >= 4 is 27.3 Å². The number of nitrogens with two attached hydrogens (primary N) is 1. The Kier molecular flexibility index (Phi) is 6.05. The van der Waals surface area contributed by atoms with Crippen molar-refractivity contribution in [2.24, 2.45) is 5.73 Å². The average molecular weight is 368 g/mol. The maximum Gasteiger partial charge on any atom is 0.271 e. The molecule has 0 atom stereocenters. The van der Waals surface area contributed by atoms with Crippen LogP contribution in [0.25, 0.3) is 0 Å². The highest BCUT2D eigenvalue weighted by molar-refractivity contribution is 7.89. The number of sulfonamides is 1. The first-order chi connectivity index (χ1) is 11.4. The summed E-state index contributed by atoms with van der Waals surface area (Å²) in [6, 6.07) is 6.59. The second-order valence-corrected chi connectivity index (χ2v) is 8.31. The minimum atomic E-state index is -3.57. The number of hydrogen-bond donors (Lipinski definition) is 2. The van der Waals surface area contributed by atoms with Crippen LogP contribution in [0.1, 0.15) is 21.1 Å². The van der Waals surface area contributed by atoms with Crippen LogP contribution < -0.4 is 11.1 Å². The number of carbonyl (C=O) groups is 1. The molecule has 1 heterocycles. The molecular formula is C15H20N4O3S2. The Morgan fingerprint density at radius 3 is 2.71 bits per heavy atom. The van der Waals surface area contributed by atoms with E-state index in [0.717, 1.165) is 9.31 Å². The van der Waals surface area contributed by atoms with E-state index in [-0.39, 0.29) is 17.3 Å². The molecule has 0 fully saturated rings. The van der Waals surface area contributed by atoms with Crippen LogP contribution in [0.15, 0.2) is 34.5 Å². The highest BCUT2D eigenvalue weighted by Crippen LogP contribution is 2.18. The molecule has 0 saturated carbocycles. The molecule has 0 saturated heterocycles.